The highest BCUT2D eigenvalue weighted by molar-refractivity contribution is 7.19. The number of rotatable bonds is 1. The van der Waals surface area contributed by atoms with Gasteiger partial charge in [0.05, 0.1) is 28.2 Å². The summed E-state index contributed by atoms with van der Waals surface area (Å²) in [6.45, 7) is 0. The van der Waals surface area contributed by atoms with E-state index in [1.165, 1.54) is 5.39 Å². The van der Waals surface area contributed by atoms with Gasteiger partial charge in [-0.15, -0.1) is 11.3 Å². The number of fused-ring (bicyclic) bond motifs is 3. The van der Waals surface area contributed by atoms with Crippen LogP contribution >= 0.6 is 11.3 Å². The standard InChI is InChI=1S/C11H7N3S/c12-5-3-9-14-8-2-1-7-4-6-13-10(7)11(8)15-9/h1-2,4,6,13H,3H2. The van der Waals surface area contributed by atoms with Gasteiger partial charge in [0, 0.05) is 11.6 Å². The molecule has 0 radical (unpaired) electrons. The number of hydrogen-bond acceptors (Lipinski definition) is 3. The van der Waals surface area contributed by atoms with Crippen molar-refractivity contribution in [3.63, 3.8) is 0 Å². The zero-order valence-electron chi connectivity index (χ0n) is 7.82. The third kappa shape index (κ3) is 1.21. The molecule has 72 valence electrons. The lowest BCUT2D eigenvalue weighted by molar-refractivity contribution is 1.21. The van der Waals surface area contributed by atoms with E-state index in [9.17, 15) is 0 Å². The lowest BCUT2D eigenvalue weighted by Crippen LogP contribution is -1.76. The first-order chi connectivity index (χ1) is 7.38. The molecule has 3 nitrogen and oxygen atoms in total. The Bertz CT molecular complexity index is 672. The number of aromatic amines is 1. The predicted molar refractivity (Wildman–Crippen MR) is 60.8 cm³/mol. The number of benzene rings is 1. The maximum atomic E-state index is 8.63. The van der Waals surface area contributed by atoms with E-state index in [0.29, 0.717) is 6.42 Å². The summed E-state index contributed by atoms with van der Waals surface area (Å²) in [7, 11) is 0. The second kappa shape index (κ2) is 3.07. The van der Waals surface area contributed by atoms with Crippen LogP contribution in [0.1, 0.15) is 5.01 Å². The minimum atomic E-state index is 0.390. The minimum Gasteiger partial charge on any atom is -0.360 e. The molecule has 0 amide bonds. The molecular formula is C11H7N3S. The number of thiazole rings is 1. The van der Waals surface area contributed by atoms with Crippen LogP contribution in [0, 0.1) is 11.3 Å². The molecule has 0 aliphatic rings. The zero-order valence-corrected chi connectivity index (χ0v) is 8.64. The molecule has 0 unspecified atom stereocenters. The van der Waals surface area contributed by atoms with Gasteiger partial charge < -0.3 is 4.98 Å². The molecule has 3 aromatic rings. The van der Waals surface area contributed by atoms with Gasteiger partial charge in [-0.05, 0) is 12.1 Å². The summed E-state index contributed by atoms with van der Waals surface area (Å²) in [5.41, 5.74) is 2.09. The van der Waals surface area contributed by atoms with Crippen molar-refractivity contribution in [2.45, 2.75) is 6.42 Å². The first-order valence-corrected chi connectivity index (χ1v) is 5.42. The van der Waals surface area contributed by atoms with Gasteiger partial charge in [-0.2, -0.15) is 5.26 Å². The first-order valence-electron chi connectivity index (χ1n) is 4.61. The van der Waals surface area contributed by atoms with Crippen molar-refractivity contribution in [2.75, 3.05) is 0 Å². The second-order valence-corrected chi connectivity index (χ2v) is 4.38. The summed E-state index contributed by atoms with van der Waals surface area (Å²) in [4.78, 5) is 7.61. The number of H-pyrrole nitrogens is 1. The molecule has 2 heterocycles. The summed E-state index contributed by atoms with van der Waals surface area (Å²) in [5.74, 6) is 0. The van der Waals surface area contributed by atoms with Crippen LogP contribution in [0.4, 0.5) is 0 Å². The van der Waals surface area contributed by atoms with Crippen molar-refractivity contribution >= 4 is 32.5 Å². The van der Waals surface area contributed by atoms with Crippen LogP contribution < -0.4 is 0 Å². The molecule has 0 spiro atoms. The van der Waals surface area contributed by atoms with Gasteiger partial charge in [0.25, 0.3) is 0 Å². The zero-order chi connectivity index (χ0) is 10.3. The maximum absolute atomic E-state index is 8.63. The van der Waals surface area contributed by atoms with Crippen molar-refractivity contribution in [3.05, 3.63) is 29.4 Å². The van der Waals surface area contributed by atoms with Crippen molar-refractivity contribution < 1.29 is 0 Å². The minimum absolute atomic E-state index is 0.390. The van der Waals surface area contributed by atoms with E-state index in [1.807, 2.05) is 24.4 Å². The highest BCUT2D eigenvalue weighted by Gasteiger charge is 2.07. The Morgan fingerprint density at radius 3 is 3.20 bits per heavy atom. The van der Waals surface area contributed by atoms with Crippen molar-refractivity contribution in [2.24, 2.45) is 0 Å². The van der Waals surface area contributed by atoms with Gasteiger partial charge >= 0.3 is 0 Å². The van der Waals surface area contributed by atoms with Crippen LogP contribution in [0.15, 0.2) is 24.4 Å². The molecule has 0 atom stereocenters. The average Bonchev–Trinajstić information content (AvgIpc) is 2.80. The Morgan fingerprint density at radius 2 is 2.33 bits per heavy atom. The molecule has 0 aliphatic carbocycles. The smallest absolute Gasteiger partial charge is 0.108 e. The molecule has 0 bridgehead atoms. The lowest BCUT2D eigenvalue weighted by Gasteiger charge is -1.89. The lowest BCUT2D eigenvalue weighted by atomic mass is 10.2. The van der Waals surface area contributed by atoms with Gasteiger partial charge in [0.2, 0.25) is 0 Å². The van der Waals surface area contributed by atoms with Gasteiger partial charge in [-0.25, -0.2) is 4.98 Å². The van der Waals surface area contributed by atoms with E-state index < -0.39 is 0 Å². The second-order valence-electron chi connectivity index (χ2n) is 3.30. The maximum Gasteiger partial charge on any atom is 0.108 e. The van der Waals surface area contributed by atoms with E-state index >= 15 is 0 Å². The molecule has 2 aromatic heterocycles. The van der Waals surface area contributed by atoms with E-state index in [-0.39, 0.29) is 0 Å². The first kappa shape index (κ1) is 8.45. The molecule has 1 aromatic carbocycles. The monoisotopic (exact) mass is 213 g/mol. The fraction of sp³-hybridized carbons (Fsp3) is 0.0909. The van der Waals surface area contributed by atoms with Gasteiger partial charge in [0.15, 0.2) is 0 Å². The van der Waals surface area contributed by atoms with Crippen LogP contribution in [-0.2, 0) is 6.42 Å². The van der Waals surface area contributed by atoms with Gasteiger partial charge in [-0.1, -0.05) is 6.07 Å². The Labute approximate surface area is 90.0 Å². The highest BCUT2D eigenvalue weighted by atomic mass is 32.1. The summed E-state index contributed by atoms with van der Waals surface area (Å²) in [6, 6.07) is 8.21. The molecule has 4 heteroatoms. The molecule has 1 N–H and O–H groups in total. The third-order valence-electron chi connectivity index (χ3n) is 2.36. The molecule has 0 saturated carbocycles. The van der Waals surface area contributed by atoms with Crippen molar-refractivity contribution in [1.82, 2.24) is 9.97 Å². The summed E-state index contributed by atoms with van der Waals surface area (Å²) in [5, 5.41) is 10.7. The average molecular weight is 213 g/mol. The van der Waals surface area contributed by atoms with E-state index in [0.717, 1.165) is 20.7 Å². The SMILES string of the molecule is N#CCc1nc2ccc3cc[nH]c3c2s1. The Morgan fingerprint density at radius 1 is 1.40 bits per heavy atom. The molecule has 15 heavy (non-hydrogen) atoms. The van der Waals surface area contributed by atoms with Crippen LogP contribution in [0.3, 0.4) is 0 Å². The fourth-order valence-electron chi connectivity index (χ4n) is 1.70. The van der Waals surface area contributed by atoms with Crippen LogP contribution in [0.2, 0.25) is 0 Å². The molecular weight excluding hydrogens is 206 g/mol. The Hall–Kier alpha value is -1.86. The van der Waals surface area contributed by atoms with Crippen LogP contribution in [-0.4, -0.2) is 9.97 Å². The van der Waals surface area contributed by atoms with E-state index in [2.05, 4.69) is 16.0 Å². The topological polar surface area (TPSA) is 52.5 Å². The number of aromatic nitrogens is 2. The number of nitrogens with zero attached hydrogens (tertiary/aromatic N) is 2. The Balaban J connectivity index is 2.37. The molecule has 0 fully saturated rings. The van der Waals surface area contributed by atoms with E-state index in [4.69, 9.17) is 5.26 Å². The van der Waals surface area contributed by atoms with Crippen molar-refractivity contribution in [3.8, 4) is 6.07 Å². The third-order valence-corrected chi connectivity index (χ3v) is 3.44. The number of nitriles is 1. The van der Waals surface area contributed by atoms with Crippen LogP contribution in [0.25, 0.3) is 21.1 Å². The summed E-state index contributed by atoms with van der Waals surface area (Å²) >= 11 is 1.59. The molecule has 0 aliphatic heterocycles. The van der Waals surface area contributed by atoms with Crippen LogP contribution in [0.5, 0.6) is 0 Å². The normalized spacial score (nSPS) is 10.9. The number of nitrogens with one attached hydrogen (secondary N) is 1. The molecule has 3 rings (SSSR count). The Kier molecular flexibility index (Phi) is 1.73. The largest absolute Gasteiger partial charge is 0.360 e. The highest BCUT2D eigenvalue weighted by Crippen LogP contribution is 2.29. The van der Waals surface area contributed by atoms with Crippen molar-refractivity contribution in [1.29, 1.82) is 5.26 Å². The fourth-order valence-corrected chi connectivity index (χ4v) is 2.71. The summed E-state index contributed by atoms with van der Waals surface area (Å²) in [6.07, 6.45) is 2.31. The predicted octanol–water partition coefficient (Wildman–Crippen LogP) is 2.84. The quantitative estimate of drug-likeness (QED) is 0.675. The number of hydrogen-bond donors (Lipinski definition) is 1. The van der Waals surface area contributed by atoms with Gasteiger partial charge in [-0.3, -0.25) is 0 Å². The summed E-state index contributed by atoms with van der Waals surface area (Å²) < 4.78 is 1.14. The molecule has 0 saturated heterocycles. The van der Waals surface area contributed by atoms with Gasteiger partial charge in [0.1, 0.15) is 5.01 Å². The van der Waals surface area contributed by atoms with E-state index in [1.54, 1.807) is 11.3 Å².